The fraction of sp³-hybridized carbons (Fsp3) is 0.0588. The zero-order valence-electron chi connectivity index (χ0n) is 11.5. The Balaban J connectivity index is 1.93. The second-order valence-corrected chi connectivity index (χ2v) is 4.88. The zero-order valence-corrected chi connectivity index (χ0v) is 11.5. The highest BCUT2D eigenvalue weighted by Crippen LogP contribution is 2.31. The molecule has 0 saturated carbocycles. The molecule has 0 N–H and O–H groups in total. The number of nitrogens with zero attached hydrogens (tertiary/aromatic N) is 3. The van der Waals surface area contributed by atoms with Crippen LogP contribution in [0, 0.1) is 0 Å². The molecule has 0 unspecified atom stereocenters. The van der Waals surface area contributed by atoms with Gasteiger partial charge in [-0.3, -0.25) is 0 Å². The fourth-order valence-electron chi connectivity index (χ4n) is 2.42. The molecule has 0 radical (unpaired) electrons. The normalized spacial score (nSPS) is 11.1. The van der Waals surface area contributed by atoms with E-state index >= 15 is 0 Å². The average molecular weight is 275 g/mol. The average Bonchev–Trinajstić information content (AvgIpc) is 3.10. The van der Waals surface area contributed by atoms with E-state index in [1.54, 1.807) is 4.68 Å². The van der Waals surface area contributed by atoms with Gasteiger partial charge in [0.25, 0.3) is 0 Å². The van der Waals surface area contributed by atoms with Gasteiger partial charge in [0.15, 0.2) is 5.65 Å². The maximum atomic E-state index is 5.97. The van der Waals surface area contributed by atoms with Gasteiger partial charge in [0.05, 0.1) is 0 Å². The van der Waals surface area contributed by atoms with E-state index in [0.29, 0.717) is 5.89 Å². The molecule has 2 aromatic heterocycles. The maximum Gasteiger partial charge on any atom is 0.228 e. The van der Waals surface area contributed by atoms with Gasteiger partial charge in [0.2, 0.25) is 11.5 Å². The molecule has 0 aliphatic heterocycles. The van der Waals surface area contributed by atoms with Gasteiger partial charge in [0, 0.05) is 18.2 Å². The summed E-state index contributed by atoms with van der Waals surface area (Å²) in [5.41, 5.74) is 4.30. The molecule has 2 aromatic carbocycles. The first kappa shape index (κ1) is 11.9. The molecule has 21 heavy (non-hydrogen) atoms. The van der Waals surface area contributed by atoms with Crippen LogP contribution in [-0.4, -0.2) is 14.8 Å². The lowest BCUT2D eigenvalue weighted by Crippen LogP contribution is -1.91. The summed E-state index contributed by atoms with van der Waals surface area (Å²) in [4.78, 5) is 4.56. The topological polar surface area (TPSA) is 43.9 Å². The quantitative estimate of drug-likeness (QED) is 0.557. The summed E-state index contributed by atoms with van der Waals surface area (Å²) in [6.07, 6.45) is 0. The molecule has 0 bridgehead atoms. The highest BCUT2D eigenvalue weighted by Gasteiger charge is 2.18. The molecule has 0 atom stereocenters. The van der Waals surface area contributed by atoms with Crippen molar-refractivity contribution in [3.8, 4) is 22.7 Å². The minimum absolute atomic E-state index is 0.621. The maximum absolute atomic E-state index is 5.97. The van der Waals surface area contributed by atoms with E-state index in [4.69, 9.17) is 4.42 Å². The summed E-state index contributed by atoms with van der Waals surface area (Å²) in [5.74, 6) is 0.621. The third kappa shape index (κ3) is 1.92. The summed E-state index contributed by atoms with van der Waals surface area (Å²) < 4.78 is 7.72. The van der Waals surface area contributed by atoms with E-state index in [2.05, 4.69) is 10.1 Å². The minimum atomic E-state index is 0.621. The third-order valence-electron chi connectivity index (χ3n) is 3.45. The first-order chi connectivity index (χ1) is 10.3. The number of hydrogen-bond acceptors (Lipinski definition) is 3. The predicted octanol–water partition coefficient (Wildman–Crippen LogP) is 3.90. The lowest BCUT2D eigenvalue weighted by atomic mass is 10.1. The Morgan fingerprint density at radius 3 is 2.14 bits per heavy atom. The molecule has 4 aromatic rings. The number of aromatic nitrogens is 3. The van der Waals surface area contributed by atoms with Crippen molar-refractivity contribution in [3.63, 3.8) is 0 Å². The number of oxazole rings is 1. The molecular formula is C17H13N3O. The van der Waals surface area contributed by atoms with Crippen molar-refractivity contribution < 1.29 is 4.42 Å². The van der Waals surface area contributed by atoms with Crippen LogP contribution in [0.1, 0.15) is 0 Å². The monoisotopic (exact) mass is 275 g/mol. The molecule has 0 aliphatic rings. The summed E-state index contributed by atoms with van der Waals surface area (Å²) in [5, 5.41) is 4.52. The van der Waals surface area contributed by atoms with E-state index in [1.807, 2.05) is 67.7 Å². The van der Waals surface area contributed by atoms with E-state index in [9.17, 15) is 0 Å². The van der Waals surface area contributed by atoms with Crippen LogP contribution in [0.15, 0.2) is 65.1 Å². The molecule has 0 spiro atoms. The summed E-state index contributed by atoms with van der Waals surface area (Å²) in [6.45, 7) is 0. The Labute approximate surface area is 121 Å². The fourth-order valence-corrected chi connectivity index (χ4v) is 2.42. The molecule has 0 amide bonds. The van der Waals surface area contributed by atoms with Crippen LogP contribution >= 0.6 is 0 Å². The van der Waals surface area contributed by atoms with Crippen molar-refractivity contribution in [1.82, 2.24) is 14.8 Å². The van der Waals surface area contributed by atoms with Gasteiger partial charge in [0.1, 0.15) is 5.69 Å². The van der Waals surface area contributed by atoms with Crippen molar-refractivity contribution in [2.24, 2.45) is 7.05 Å². The second kappa shape index (κ2) is 4.59. The van der Waals surface area contributed by atoms with Gasteiger partial charge in [-0.2, -0.15) is 10.1 Å². The Morgan fingerprint density at radius 1 is 0.857 bits per heavy atom. The lowest BCUT2D eigenvalue weighted by Gasteiger charge is -1.96. The summed E-state index contributed by atoms with van der Waals surface area (Å²) in [6, 6.07) is 19.9. The number of benzene rings is 2. The van der Waals surface area contributed by atoms with Crippen molar-refractivity contribution in [2.45, 2.75) is 0 Å². The summed E-state index contributed by atoms with van der Waals surface area (Å²) >= 11 is 0. The molecule has 0 saturated heterocycles. The largest absolute Gasteiger partial charge is 0.432 e. The SMILES string of the molecule is Cn1nc(-c2ccccc2)c2oc(-c3ccccc3)nc21. The van der Waals surface area contributed by atoms with Crippen LogP contribution in [-0.2, 0) is 7.05 Å². The van der Waals surface area contributed by atoms with E-state index in [1.165, 1.54) is 0 Å². The van der Waals surface area contributed by atoms with Crippen molar-refractivity contribution in [1.29, 1.82) is 0 Å². The molecule has 0 fully saturated rings. The Bertz CT molecular complexity index is 892. The number of hydrogen-bond donors (Lipinski definition) is 0. The van der Waals surface area contributed by atoms with Crippen molar-refractivity contribution >= 4 is 11.2 Å². The third-order valence-corrected chi connectivity index (χ3v) is 3.45. The molecular weight excluding hydrogens is 262 g/mol. The smallest absolute Gasteiger partial charge is 0.228 e. The molecule has 4 rings (SSSR count). The van der Waals surface area contributed by atoms with E-state index in [0.717, 1.165) is 28.1 Å². The van der Waals surface area contributed by atoms with Crippen LogP contribution < -0.4 is 0 Å². The van der Waals surface area contributed by atoms with Crippen LogP contribution in [0.4, 0.5) is 0 Å². The Hall–Kier alpha value is -2.88. The summed E-state index contributed by atoms with van der Waals surface area (Å²) in [7, 11) is 1.88. The van der Waals surface area contributed by atoms with Crippen molar-refractivity contribution in [3.05, 3.63) is 60.7 Å². The van der Waals surface area contributed by atoms with Crippen molar-refractivity contribution in [2.75, 3.05) is 0 Å². The van der Waals surface area contributed by atoms with Gasteiger partial charge in [-0.1, -0.05) is 48.5 Å². The molecule has 4 heteroatoms. The Kier molecular flexibility index (Phi) is 2.60. The second-order valence-electron chi connectivity index (χ2n) is 4.88. The van der Waals surface area contributed by atoms with Crippen LogP contribution in [0.2, 0.25) is 0 Å². The van der Waals surface area contributed by atoms with Gasteiger partial charge < -0.3 is 4.42 Å². The van der Waals surface area contributed by atoms with Gasteiger partial charge in [-0.05, 0) is 12.1 Å². The van der Waals surface area contributed by atoms with Gasteiger partial charge >= 0.3 is 0 Å². The first-order valence-electron chi connectivity index (χ1n) is 6.77. The first-order valence-corrected chi connectivity index (χ1v) is 6.77. The van der Waals surface area contributed by atoms with Crippen LogP contribution in [0.3, 0.4) is 0 Å². The van der Waals surface area contributed by atoms with E-state index in [-0.39, 0.29) is 0 Å². The van der Waals surface area contributed by atoms with Crippen LogP contribution in [0.25, 0.3) is 33.9 Å². The van der Waals surface area contributed by atoms with Crippen LogP contribution in [0.5, 0.6) is 0 Å². The highest BCUT2D eigenvalue weighted by molar-refractivity contribution is 5.87. The molecule has 0 aliphatic carbocycles. The number of rotatable bonds is 2. The number of aryl methyl sites for hydroxylation is 1. The lowest BCUT2D eigenvalue weighted by molar-refractivity contribution is 0.619. The van der Waals surface area contributed by atoms with E-state index < -0.39 is 0 Å². The van der Waals surface area contributed by atoms with Gasteiger partial charge in [-0.25, -0.2) is 4.68 Å². The molecule has 102 valence electrons. The Morgan fingerprint density at radius 2 is 1.48 bits per heavy atom. The number of fused-ring (bicyclic) bond motifs is 1. The highest BCUT2D eigenvalue weighted by atomic mass is 16.4. The molecule has 2 heterocycles. The van der Waals surface area contributed by atoms with Gasteiger partial charge in [-0.15, -0.1) is 0 Å². The minimum Gasteiger partial charge on any atom is -0.432 e. The predicted molar refractivity (Wildman–Crippen MR) is 81.6 cm³/mol. The standard InChI is InChI=1S/C17H13N3O/c1-20-16-15(14(19-20)12-8-4-2-5-9-12)21-17(18-16)13-10-6-3-7-11-13/h2-11H,1H3. The molecule has 4 nitrogen and oxygen atoms in total. The zero-order chi connectivity index (χ0) is 14.2.